The summed E-state index contributed by atoms with van der Waals surface area (Å²) in [7, 11) is 0. The van der Waals surface area contributed by atoms with E-state index in [1.165, 1.54) is 10.7 Å². The average Bonchev–Trinajstić information content (AvgIpc) is 3.40. The van der Waals surface area contributed by atoms with E-state index in [0.29, 0.717) is 30.9 Å². The maximum Gasteiger partial charge on any atom is 0.227 e. The minimum Gasteiger partial charge on any atom is -0.312 e. The zero-order valence-electron chi connectivity index (χ0n) is 17.5. The van der Waals surface area contributed by atoms with E-state index in [1.807, 2.05) is 24.3 Å². The molecule has 0 spiro atoms. The van der Waals surface area contributed by atoms with Gasteiger partial charge in [-0.2, -0.15) is 0 Å². The Morgan fingerprint density at radius 1 is 1.16 bits per heavy atom. The van der Waals surface area contributed by atoms with Gasteiger partial charge in [0.05, 0.1) is 11.9 Å². The van der Waals surface area contributed by atoms with Gasteiger partial charge in [0.1, 0.15) is 11.6 Å². The van der Waals surface area contributed by atoms with Gasteiger partial charge in [-0.1, -0.05) is 25.1 Å². The molecule has 8 heteroatoms. The minimum absolute atomic E-state index is 0.113. The number of rotatable bonds is 7. The van der Waals surface area contributed by atoms with Crippen molar-refractivity contribution in [3.05, 3.63) is 77.8 Å². The number of nitrogens with one attached hydrogen (secondary N) is 1. The second kappa shape index (κ2) is 9.13. The second-order valence-corrected chi connectivity index (χ2v) is 7.59. The number of imidazole rings is 1. The number of carbonyl (C=O) groups is 2. The van der Waals surface area contributed by atoms with Crippen LogP contribution in [0, 0.1) is 11.6 Å². The predicted octanol–water partition coefficient (Wildman–Crippen LogP) is 4.47. The molecule has 4 rings (SSSR count). The van der Waals surface area contributed by atoms with Gasteiger partial charge in [0.25, 0.3) is 0 Å². The lowest BCUT2D eigenvalue weighted by atomic mass is 10.00. The van der Waals surface area contributed by atoms with E-state index in [0.717, 1.165) is 29.8 Å². The number of hydrogen-bond acceptors (Lipinski definition) is 3. The number of aromatic nitrogens is 2. The van der Waals surface area contributed by atoms with Crippen molar-refractivity contribution in [1.29, 1.82) is 0 Å². The Hall–Kier alpha value is -3.81. The number of anilines is 1. The molecule has 1 saturated heterocycles. The van der Waals surface area contributed by atoms with Crippen LogP contribution in [-0.2, 0) is 9.59 Å². The summed E-state index contributed by atoms with van der Waals surface area (Å²) in [6.45, 7) is 2.45. The molecule has 164 valence electrons. The number of benzene rings is 2. The van der Waals surface area contributed by atoms with Crippen LogP contribution in [0.3, 0.4) is 0 Å². The van der Waals surface area contributed by atoms with Crippen molar-refractivity contribution in [3.8, 4) is 11.3 Å². The molecule has 0 bridgehead atoms. The van der Waals surface area contributed by atoms with Crippen LogP contribution < -0.4 is 10.3 Å². The standard InChI is InChI=1S/C24H22F2N4O2/c1-16(20-13-18(25)7-10-21(20)26)4-11-23-27-14-22(30(23)28-15-31)17-5-8-19(9-6-17)29-12-2-3-24(29)32/h4-11,13-16H,2-3,12H2,1H3,(H,28,31)/b11-4-. The van der Waals surface area contributed by atoms with E-state index >= 15 is 0 Å². The predicted molar refractivity (Wildman–Crippen MR) is 118 cm³/mol. The summed E-state index contributed by atoms with van der Waals surface area (Å²) >= 11 is 0. The van der Waals surface area contributed by atoms with Crippen LogP contribution in [0.4, 0.5) is 14.5 Å². The molecule has 1 atom stereocenters. The van der Waals surface area contributed by atoms with E-state index in [2.05, 4.69) is 10.4 Å². The Bertz CT molecular complexity index is 1170. The largest absolute Gasteiger partial charge is 0.312 e. The lowest BCUT2D eigenvalue weighted by Gasteiger charge is -2.16. The molecule has 1 aromatic heterocycles. The molecule has 2 amide bonds. The van der Waals surface area contributed by atoms with Crippen LogP contribution in [0.5, 0.6) is 0 Å². The van der Waals surface area contributed by atoms with Crippen molar-refractivity contribution in [1.82, 2.24) is 9.66 Å². The third-order valence-electron chi connectivity index (χ3n) is 5.50. The van der Waals surface area contributed by atoms with Crippen molar-refractivity contribution in [3.63, 3.8) is 0 Å². The summed E-state index contributed by atoms with van der Waals surface area (Å²) in [6, 6.07) is 10.8. The number of allylic oxidation sites excluding steroid dienone is 1. The van der Waals surface area contributed by atoms with Gasteiger partial charge in [-0.15, -0.1) is 0 Å². The van der Waals surface area contributed by atoms with Gasteiger partial charge in [-0.25, -0.2) is 18.4 Å². The van der Waals surface area contributed by atoms with Gasteiger partial charge in [-0.3, -0.25) is 15.0 Å². The molecule has 32 heavy (non-hydrogen) atoms. The van der Waals surface area contributed by atoms with Crippen molar-refractivity contribution < 1.29 is 18.4 Å². The molecule has 1 fully saturated rings. The van der Waals surface area contributed by atoms with Crippen LogP contribution in [0.2, 0.25) is 0 Å². The topological polar surface area (TPSA) is 67.2 Å². The lowest BCUT2D eigenvalue weighted by molar-refractivity contribution is -0.117. The fraction of sp³-hybridized carbons (Fsp3) is 0.208. The Morgan fingerprint density at radius 2 is 1.94 bits per heavy atom. The first-order valence-electron chi connectivity index (χ1n) is 10.3. The maximum absolute atomic E-state index is 14.0. The Labute approximate surface area is 184 Å². The molecular weight excluding hydrogens is 414 g/mol. The molecule has 1 aliphatic heterocycles. The SMILES string of the molecule is CC(/C=C\c1ncc(-c2ccc(N3CCCC3=O)cc2)n1NC=O)c1cc(F)ccc1F. The summed E-state index contributed by atoms with van der Waals surface area (Å²) in [5.74, 6) is -0.869. The van der Waals surface area contributed by atoms with Gasteiger partial charge in [-0.05, 0) is 48.4 Å². The normalized spacial score (nSPS) is 14.8. The molecule has 6 nitrogen and oxygen atoms in total. The molecule has 3 aromatic rings. The first-order chi connectivity index (χ1) is 15.5. The number of halogens is 2. The molecular formula is C24H22F2N4O2. The second-order valence-electron chi connectivity index (χ2n) is 7.59. The molecule has 2 heterocycles. The van der Waals surface area contributed by atoms with Gasteiger partial charge < -0.3 is 4.90 Å². The van der Waals surface area contributed by atoms with Crippen molar-refractivity contribution in [2.45, 2.75) is 25.7 Å². The summed E-state index contributed by atoms with van der Waals surface area (Å²) < 4.78 is 29.0. The summed E-state index contributed by atoms with van der Waals surface area (Å²) in [5.41, 5.74) is 5.11. The molecule has 1 unspecified atom stereocenters. The number of carbonyl (C=O) groups excluding carboxylic acids is 2. The van der Waals surface area contributed by atoms with E-state index in [4.69, 9.17) is 0 Å². The summed E-state index contributed by atoms with van der Waals surface area (Å²) in [4.78, 5) is 29.3. The number of nitrogens with zero attached hydrogens (tertiary/aromatic N) is 3. The fourth-order valence-electron chi connectivity index (χ4n) is 3.81. The molecule has 0 saturated carbocycles. The van der Waals surface area contributed by atoms with Crippen LogP contribution in [0.25, 0.3) is 17.3 Å². The van der Waals surface area contributed by atoms with Crippen molar-refractivity contribution >= 4 is 24.1 Å². The van der Waals surface area contributed by atoms with Gasteiger partial charge in [0.15, 0.2) is 5.82 Å². The fourth-order valence-corrected chi connectivity index (χ4v) is 3.81. The highest BCUT2D eigenvalue weighted by molar-refractivity contribution is 5.95. The van der Waals surface area contributed by atoms with Gasteiger partial charge >= 0.3 is 0 Å². The highest BCUT2D eigenvalue weighted by Gasteiger charge is 2.21. The first kappa shape index (κ1) is 21.4. The number of hydrogen-bond donors (Lipinski definition) is 1. The average molecular weight is 436 g/mol. The van der Waals surface area contributed by atoms with Crippen molar-refractivity contribution in [2.24, 2.45) is 0 Å². The molecule has 0 aliphatic carbocycles. The van der Waals surface area contributed by atoms with E-state index in [1.54, 1.807) is 30.2 Å². The van der Waals surface area contributed by atoms with E-state index < -0.39 is 17.6 Å². The third kappa shape index (κ3) is 4.30. The zero-order valence-corrected chi connectivity index (χ0v) is 17.5. The molecule has 2 aromatic carbocycles. The highest BCUT2D eigenvalue weighted by atomic mass is 19.1. The summed E-state index contributed by atoms with van der Waals surface area (Å²) in [5, 5.41) is 0. The maximum atomic E-state index is 14.0. The monoisotopic (exact) mass is 436 g/mol. The Balaban J connectivity index is 1.60. The first-order valence-corrected chi connectivity index (χ1v) is 10.3. The molecule has 1 N–H and O–H groups in total. The Morgan fingerprint density at radius 3 is 2.62 bits per heavy atom. The van der Waals surface area contributed by atoms with Gasteiger partial charge in [0, 0.05) is 30.1 Å². The van der Waals surface area contributed by atoms with E-state index in [9.17, 15) is 18.4 Å². The van der Waals surface area contributed by atoms with Crippen LogP contribution in [0.1, 0.15) is 37.1 Å². The smallest absolute Gasteiger partial charge is 0.227 e. The number of amides is 2. The van der Waals surface area contributed by atoms with Gasteiger partial charge in [0.2, 0.25) is 12.3 Å². The van der Waals surface area contributed by atoms with Crippen LogP contribution >= 0.6 is 0 Å². The summed E-state index contributed by atoms with van der Waals surface area (Å²) in [6.07, 6.45) is 6.89. The molecule has 1 aliphatic rings. The highest BCUT2D eigenvalue weighted by Crippen LogP contribution is 2.27. The van der Waals surface area contributed by atoms with Crippen LogP contribution in [0.15, 0.2) is 54.7 Å². The lowest BCUT2D eigenvalue weighted by Crippen LogP contribution is -2.23. The van der Waals surface area contributed by atoms with Crippen molar-refractivity contribution in [2.75, 3.05) is 16.9 Å². The van der Waals surface area contributed by atoms with Crippen LogP contribution in [-0.4, -0.2) is 28.5 Å². The van der Waals surface area contributed by atoms with E-state index in [-0.39, 0.29) is 11.5 Å². The zero-order chi connectivity index (χ0) is 22.7. The quantitative estimate of drug-likeness (QED) is 0.556. The minimum atomic E-state index is -0.507. The molecule has 0 radical (unpaired) electrons. The Kier molecular flexibility index (Phi) is 6.11. The third-order valence-corrected chi connectivity index (χ3v) is 5.50.